The number of nitro groups is 1. The molecule has 8 nitrogen and oxygen atoms in total. The maximum absolute atomic E-state index is 11.1. The summed E-state index contributed by atoms with van der Waals surface area (Å²) in [5.74, 6) is 0.373. The van der Waals surface area contributed by atoms with Crippen molar-refractivity contribution < 1.29 is 9.66 Å². The van der Waals surface area contributed by atoms with E-state index in [0.717, 1.165) is 6.42 Å². The van der Waals surface area contributed by atoms with Gasteiger partial charge in [-0.25, -0.2) is 4.98 Å². The molecule has 0 saturated carbocycles. The van der Waals surface area contributed by atoms with Crippen LogP contribution in [-0.4, -0.2) is 53.6 Å². The highest BCUT2D eigenvalue weighted by Crippen LogP contribution is 2.28. The van der Waals surface area contributed by atoms with E-state index in [0.29, 0.717) is 31.3 Å². The van der Waals surface area contributed by atoms with E-state index >= 15 is 0 Å². The minimum absolute atomic E-state index is 0.0166. The van der Waals surface area contributed by atoms with Gasteiger partial charge < -0.3 is 15.0 Å². The van der Waals surface area contributed by atoms with Crippen molar-refractivity contribution in [3.8, 4) is 5.88 Å². The van der Waals surface area contributed by atoms with E-state index in [2.05, 4.69) is 15.3 Å². The van der Waals surface area contributed by atoms with Gasteiger partial charge in [0.25, 0.3) is 5.88 Å². The molecule has 0 saturated heterocycles. The van der Waals surface area contributed by atoms with Crippen LogP contribution in [0.1, 0.15) is 19.0 Å². The SMILES string of the molecule is CCCNc1nc(C)c([N+](=O)[O-])c(OCCN(C)C)n1. The van der Waals surface area contributed by atoms with E-state index in [4.69, 9.17) is 4.74 Å². The molecular formula is C12H21N5O3. The number of hydrogen-bond donors (Lipinski definition) is 1. The second-order valence-corrected chi connectivity index (χ2v) is 4.62. The number of nitrogens with zero attached hydrogens (tertiary/aromatic N) is 4. The van der Waals surface area contributed by atoms with E-state index in [-0.39, 0.29) is 11.6 Å². The molecule has 0 spiro atoms. The summed E-state index contributed by atoms with van der Waals surface area (Å²) in [4.78, 5) is 20.7. The summed E-state index contributed by atoms with van der Waals surface area (Å²) in [7, 11) is 3.80. The van der Waals surface area contributed by atoms with Crippen molar-refractivity contribution in [1.82, 2.24) is 14.9 Å². The Balaban J connectivity index is 2.96. The fourth-order valence-electron chi connectivity index (χ4n) is 1.49. The first-order chi connectivity index (χ1) is 9.45. The van der Waals surface area contributed by atoms with Gasteiger partial charge in [0, 0.05) is 13.1 Å². The Morgan fingerprint density at radius 1 is 1.40 bits per heavy atom. The van der Waals surface area contributed by atoms with Gasteiger partial charge in [0.2, 0.25) is 5.95 Å². The van der Waals surface area contributed by atoms with Crippen molar-refractivity contribution in [2.75, 3.05) is 39.1 Å². The zero-order valence-electron chi connectivity index (χ0n) is 12.3. The number of aromatic nitrogens is 2. The average molecular weight is 283 g/mol. The molecule has 1 aromatic rings. The lowest BCUT2D eigenvalue weighted by Crippen LogP contribution is -2.20. The van der Waals surface area contributed by atoms with Crippen molar-refractivity contribution in [1.29, 1.82) is 0 Å². The number of likely N-dealkylation sites (N-methyl/N-ethyl adjacent to an activating group) is 1. The maximum Gasteiger partial charge on any atom is 0.352 e. The zero-order chi connectivity index (χ0) is 15.1. The van der Waals surface area contributed by atoms with Crippen molar-refractivity contribution in [3.05, 3.63) is 15.8 Å². The molecule has 1 heterocycles. The fourth-order valence-corrected chi connectivity index (χ4v) is 1.49. The molecule has 0 radical (unpaired) electrons. The summed E-state index contributed by atoms with van der Waals surface area (Å²) in [6.45, 7) is 5.28. The van der Waals surface area contributed by atoms with Crippen LogP contribution in [0.25, 0.3) is 0 Å². The second kappa shape index (κ2) is 7.59. The highest BCUT2D eigenvalue weighted by Gasteiger charge is 2.23. The third-order valence-corrected chi connectivity index (χ3v) is 2.52. The van der Waals surface area contributed by atoms with Gasteiger partial charge in [-0.1, -0.05) is 6.92 Å². The maximum atomic E-state index is 11.1. The van der Waals surface area contributed by atoms with Gasteiger partial charge in [0.05, 0.1) is 4.92 Å². The Labute approximate surface area is 118 Å². The fraction of sp³-hybridized carbons (Fsp3) is 0.667. The lowest BCUT2D eigenvalue weighted by atomic mass is 10.3. The Kier molecular flexibility index (Phi) is 6.10. The van der Waals surface area contributed by atoms with Crippen LogP contribution < -0.4 is 10.1 Å². The highest BCUT2D eigenvalue weighted by molar-refractivity contribution is 5.48. The van der Waals surface area contributed by atoms with Crippen molar-refractivity contribution in [2.24, 2.45) is 0 Å². The number of anilines is 1. The number of ether oxygens (including phenoxy) is 1. The summed E-state index contributed by atoms with van der Waals surface area (Å²) < 4.78 is 5.44. The van der Waals surface area contributed by atoms with E-state index in [1.165, 1.54) is 0 Å². The number of aryl methyl sites for hydroxylation is 1. The zero-order valence-corrected chi connectivity index (χ0v) is 12.3. The lowest BCUT2D eigenvalue weighted by Gasteiger charge is -2.12. The van der Waals surface area contributed by atoms with E-state index in [1.807, 2.05) is 25.9 Å². The van der Waals surface area contributed by atoms with Crippen LogP contribution in [0.3, 0.4) is 0 Å². The smallest absolute Gasteiger partial charge is 0.352 e. The molecule has 0 unspecified atom stereocenters. The van der Waals surface area contributed by atoms with Gasteiger partial charge in [0.1, 0.15) is 12.3 Å². The van der Waals surface area contributed by atoms with Gasteiger partial charge in [-0.15, -0.1) is 0 Å². The Bertz CT molecular complexity index is 465. The molecule has 1 rings (SSSR count). The molecule has 0 fully saturated rings. The van der Waals surface area contributed by atoms with Gasteiger partial charge in [-0.05, 0) is 27.4 Å². The van der Waals surface area contributed by atoms with Crippen LogP contribution in [0.15, 0.2) is 0 Å². The first kappa shape index (κ1) is 16.1. The summed E-state index contributed by atoms with van der Waals surface area (Å²) in [5, 5.41) is 14.1. The van der Waals surface area contributed by atoms with Crippen LogP contribution in [0.4, 0.5) is 11.6 Å². The Hall–Kier alpha value is -1.96. The summed E-state index contributed by atoms with van der Waals surface area (Å²) in [5.41, 5.74) is 0.120. The standard InChI is InChI=1S/C12H21N5O3/c1-5-6-13-12-14-9(2)10(17(18)19)11(15-12)20-8-7-16(3)4/h5-8H2,1-4H3,(H,13,14,15). The quantitative estimate of drug-likeness (QED) is 0.570. The van der Waals surface area contributed by atoms with Crippen LogP contribution in [0, 0.1) is 17.0 Å². The second-order valence-electron chi connectivity index (χ2n) is 4.62. The predicted molar refractivity (Wildman–Crippen MR) is 76.3 cm³/mol. The van der Waals surface area contributed by atoms with Crippen molar-refractivity contribution >= 4 is 11.6 Å². The van der Waals surface area contributed by atoms with E-state index in [9.17, 15) is 10.1 Å². The minimum atomic E-state index is -0.510. The average Bonchev–Trinajstić information content (AvgIpc) is 2.34. The molecule has 0 aliphatic carbocycles. The van der Waals surface area contributed by atoms with Crippen LogP contribution in [0.2, 0.25) is 0 Å². The van der Waals surface area contributed by atoms with Crippen LogP contribution in [0.5, 0.6) is 5.88 Å². The van der Waals surface area contributed by atoms with Crippen LogP contribution in [-0.2, 0) is 0 Å². The van der Waals surface area contributed by atoms with Crippen molar-refractivity contribution in [2.45, 2.75) is 20.3 Å². The van der Waals surface area contributed by atoms with E-state index < -0.39 is 4.92 Å². The minimum Gasteiger partial charge on any atom is -0.471 e. The molecule has 0 aliphatic rings. The first-order valence-corrected chi connectivity index (χ1v) is 6.50. The third kappa shape index (κ3) is 4.61. The highest BCUT2D eigenvalue weighted by atomic mass is 16.6. The van der Waals surface area contributed by atoms with Gasteiger partial charge in [0.15, 0.2) is 0 Å². The predicted octanol–water partition coefficient (Wildman–Crippen LogP) is 1.46. The molecule has 0 bridgehead atoms. The molecule has 0 amide bonds. The van der Waals surface area contributed by atoms with Crippen LogP contribution >= 0.6 is 0 Å². The summed E-state index contributed by atoms with van der Waals surface area (Å²) >= 11 is 0. The number of nitrogens with one attached hydrogen (secondary N) is 1. The molecule has 1 N–H and O–H groups in total. The van der Waals surface area contributed by atoms with Gasteiger partial charge >= 0.3 is 5.69 Å². The lowest BCUT2D eigenvalue weighted by molar-refractivity contribution is -0.387. The first-order valence-electron chi connectivity index (χ1n) is 6.50. The Morgan fingerprint density at radius 3 is 2.65 bits per heavy atom. The molecule has 0 aromatic carbocycles. The Morgan fingerprint density at radius 2 is 2.10 bits per heavy atom. The van der Waals surface area contributed by atoms with Crippen molar-refractivity contribution in [3.63, 3.8) is 0 Å². The normalized spacial score (nSPS) is 10.7. The molecular weight excluding hydrogens is 262 g/mol. The molecule has 20 heavy (non-hydrogen) atoms. The van der Waals surface area contributed by atoms with Gasteiger partial charge in [-0.3, -0.25) is 10.1 Å². The van der Waals surface area contributed by atoms with E-state index in [1.54, 1.807) is 6.92 Å². The summed E-state index contributed by atoms with van der Waals surface area (Å²) in [6, 6.07) is 0. The molecule has 112 valence electrons. The molecule has 0 atom stereocenters. The number of rotatable bonds is 8. The molecule has 0 aliphatic heterocycles. The molecule has 8 heteroatoms. The number of hydrogen-bond acceptors (Lipinski definition) is 7. The topological polar surface area (TPSA) is 93.4 Å². The molecule has 1 aromatic heterocycles. The third-order valence-electron chi connectivity index (χ3n) is 2.52. The largest absolute Gasteiger partial charge is 0.471 e. The summed E-state index contributed by atoms with van der Waals surface area (Å²) in [6.07, 6.45) is 0.913. The van der Waals surface area contributed by atoms with Gasteiger partial charge in [-0.2, -0.15) is 4.98 Å². The monoisotopic (exact) mass is 283 g/mol.